The number of fused-ring (bicyclic) bond motifs is 2. The van der Waals surface area contributed by atoms with Gasteiger partial charge < -0.3 is 5.11 Å². The molecular weight excluding hydrogens is 608 g/mol. The van der Waals surface area contributed by atoms with E-state index in [4.69, 9.17) is 46.4 Å². The van der Waals surface area contributed by atoms with Gasteiger partial charge in [0.25, 0.3) is 11.1 Å². The standard InChI is InChI=1S/C14H13Cl2FN2O.C13H11Cl2FN2O2/c1-8-6-9(11(16)7-10(8)15)12-13(17)18-4-2-3-5-19(18)14(12)20;14-8-6-9(15)10(19)5-7(8)11-12(16)17-3-1-2-4-18(17)13(11)20/h6-7H,2-5H2,1H3;5-6,19H,1-4H2. The molecule has 0 spiro atoms. The van der Waals surface area contributed by atoms with Crippen molar-refractivity contribution in [2.45, 2.75) is 58.8 Å². The van der Waals surface area contributed by atoms with Gasteiger partial charge in [-0.25, -0.2) is 9.36 Å². The number of benzene rings is 2. The SMILES string of the molecule is Cc1cc(-c2c(F)n3n(c2=O)CCCC3)c(Cl)cc1Cl.O=c1c(-c2cc(O)c(Cl)cc2Cl)c(F)n2n1CCCC2. The van der Waals surface area contributed by atoms with Crippen molar-refractivity contribution in [1.82, 2.24) is 18.7 Å². The van der Waals surface area contributed by atoms with Gasteiger partial charge in [-0.05, 0) is 62.4 Å². The van der Waals surface area contributed by atoms with E-state index in [-0.39, 0.29) is 38.0 Å². The Morgan fingerprint density at radius 2 is 1.02 bits per heavy atom. The first-order valence-corrected chi connectivity index (χ1v) is 14.1. The normalized spacial score (nSPS) is 14.4. The maximum Gasteiger partial charge on any atom is 0.277 e. The van der Waals surface area contributed by atoms with Gasteiger partial charge in [-0.15, -0.1) is 0 Å². The third-order valence-electron chi connectivity index (χ3n) is 7.15. The molecular formula is C27H24Cl4F2N4O3. The van der Waals surface area contributed by atoms with Gasteiger partial charge in [-0.1, -0.05) is 46.4 Å². The summed E-state index contributed by atoms with van der Waals surface area (Å²) in [6.07, 6.45) is 3.42. The Hall–Kier alpha value is -2.72. The molecule has 4 aromatic rings. The summed E-state index contributed by atoms with van der Waals surface area (Å²) in [6.45, 7) is 3.80. The number of phenols is 1. The van der Waals surface area contributed by atoms with Crippen molar-refractivity contribution in [2.24, 2.45) is 0 Å². The van der Waals surface area contributed by atoms with Crippen LogP contribution < -0.4 is 11.1 Å². The Kier molecular flexibility index (Phi) is 8.12. The number of nitrogens with zero attached hydrogens (tertiary/aromatic N) is 4. The summed E-state index contributed by atoms with van der Waals surface area (Å²) in [5.41, 5.74) is 0.479. The van der Waals surface area contributed by atoms with Crippen LogP contribution in [0.15, 0.2) is 33.9 Å². The predicted molar refractivity (Wildman–Crippen MR) is 153 cm³/mol. The molecule has 6 rings (SSSR count). The third-order valence-corrected chi connectivity index (χ3v) is 8.48. The zero-order chi connectivity index (χ0) is 28.9. The average Bonchev–Trinajstić information content (AvgIpc) is 3.33. The lowest BCUT2D eigenvalue weighted by Gasteiger charge is -2.16. The number of hydrogen-bond acceptors (Lipinski definition) is 3. The average molecular weight is 632 g/mol. The predicted octanol–water partition coefficient (Wildman–Crippen LogP) is 7.13. The molecule has 0 bridgehead atoms. The molecule has 0 amide bonds. The van der Waals surface area contributed by atoms with Crippen LogP contribution in [0, 0.1) is 18.8 Å². The fourth-order valence-corrected chi connectivity index (χ4v) is 6.04. The van der Waals surface area contributed by atoms with E-state index in [0.717, 1.165) is 31.2 Å². The summed E-state index contributed by atoms with van der Waals surface area (Å²) < 4.78 is 34.5. The molecule has 7 nitrogen and oxygen atoms in total. The second kappa shape index (κ2) is 11.3. The molecule has 0 aliphatic carbocycles. The van der Waals surface area contributed by atoms with Crippen LogP contribution in [0.3, 0.4) is 0 Å². The number of aryl methyl sites for hydroxylation is 1. The minimum absolute atomic E-state index is 0.0386. The monoisotopic (exact) mass is 630 g/mol. The first-order chi connectivity index (χ1) is 19.0. The smallest absolute Gasteiger partial charge is 0.277 e. The maximum absolute atomic E-state index is 14.5. The molecule has 0 fully saturated rings. The highest BCUT2D eigenvalue weighted by Crippen LogP contribution is 2.36. The van der Waals surface area contributed by atoms with Crippen molar-refractivity contribution in [2.75, 3.05) is 0 Å². The summed E-state index contributed by atoms with van der Waals surface area (Å²) >= 11 is 23.9. The van der Waals surface area contributed by atoms with Crippen molar-refractivity contribution in [3.63, 3.8) is 0 Å². The van der Waals surface area contributed by atoms with Gasteiger partial charge in [0.2, 0.25) is 11.9 Å². The van der Waals surface area contributed by atoms with Gasteiger partial charge in [-0.2, -0.15) is 8.78 Å². The zero-order valence-electron chi connectivity index (χ0n) is 21.3. The minimum atomic E-state index is -0.627. The Morgan fingerprint density at radius 3 is 1.48 bits per heavy atom. The summed E-state index contributed by atoms with van der Waals surface area (Å²) in [5.74, 6) is -1.38. The molecule has 0 unspecified atom stereocenters. The van der Waals surface area contributed by atoms with E-state index in [0.29, 0.717) is 41.8 Å². The molecule has 2 aliphatic rings. The highest BCUT2D eigenvalue weighted by molar-refractivity contribution is 6.37. The zero-order valence-corrected chi connectivity index (χ0v) is 24.3. The van der Waals surface area contributed by atoms with Crippen molar-refractivity contribution in [3.05, 3.63) is 82.5 Å². The Balaban J connectivity index is 0.000000161. The first kappa shape index (κ1) is 28.8. The van der Waals surface area contributed by atoms with Crippen LogP contribution in [-0.2, 0) is 26.2 Å². The molecule has 4 heterocycles. The molecule has 40 heavy (non-hydrogen) atoms. The lowest BCUT2D eigenvalue weighted by atomic mass is 10.1. The van der Waals surface area contributed by atoms with Crippen LogP contribution in [0.4, 0.5) is 8.78 Å². The van der Waals surface area contributed by atoms with Gasteiger partial charge in [0.1, 0.15) is 16.9 Å². The van der Waals surface area contributed by atoms with Gasteiger partial charge in [0.05, 0.1) is 15.1 Å². The first-order valence-electron chi connectivity index (χ1n) is 12.6. The van der Waals surface area contributed by atoms with E-state index >= 15 is 0 Å². The highest BCUT2D eigenvalue weighted by Gasteiger charge is 2.26. The molecule has 0 atom stereocenters. The number of hydrogen-bond donors (Lipinski definition) is 1. The van der Waals surface area contributed by atoms with E-state index in [1.807, 2.05) is 0 Å². The Morgan fingerprint density at radius 1 is 0.625 bits per heavy atom. The summed E-state index contributed by atoms with van der Waals surface area (Å²) in [4.78, 5) is 24.7. The fraction of sp³-hybridized carbons (Fsp3) is 0.333. The van der Waals surface area contributed by atoms with Gasteiger partial charge in [0.15, 0.2) is 0 Å². The molecule has 212 valence electrons. The van der Waals surface area contributed by atoms with Crippen LogP contribution in [0.5, 0.6) is 5.75 Å². The third kappa shape index (κ3) is 4.98. The van der Waals surface area contributed by atoms with E-state index in [2.05, 4.69) is 0 Å². The largest absolute Gasteiger partial charge is 0.506 e. The number of halogens is 6. The van der Waals surface area contributed by atoms with Crippen LogP contribution in [-0.4, -0.2) is 23.8 Å². The molecule has 2 aliphatic heterocycles. The van der Waals surface area contributed by atoms with E-state index in [1.54, 1.807) is 19.1 Å². The summed E-state index contributed by atoms with van der Waals surface area (Å²) in [7, 11) is 0. The Labute approximate surface area is 247 Å². The fourth-order valence-electron chi connectivity index (χ4n) is 5.08. The van der Waals surface area contributed by atoms with E-state index < -0.39 is 17.5 Å². The van der Waals surface area contributed by atoms with Crippen molar-refractivity contribution >= 4 is 46.4 Å². The molecule has 0 saturated carbocycles. The number of phenolic OH excluding ortho intramolecular Hbond substituents is 1. The molecule has 0 radical (unpaired) electrons. The number of aromatic hydroxyl groups is 1. The molecule has 2 aromatic carbocycles. The van der Waals surface area contributed by atoms with Gasteiger partial charge >= 0.3 is 0 Å². The quantitative estimate of drug-likeness (QED) is 0.256. The second-order valence-electron chi connectivity index (χ2n) is 9.71. The summed E-state index contributed by atoms with van der Waals surface area (Å²) in [6, 6.07) is 5.73. The molecule has 13 heteroatoms. The molecule has 1 N–H and O–H groups in total. The van der Waals surface area contributed by atoms with Crippen LogP contribution in [0.2, 0.25) is 20.1 Å². The van der Waals surface area contributed by atoms with Crippen molar-refractivity contribution < 1.29 is 13.9 Å². The molecule has 0 saturated heterocycles. The minimum Gasteiger partial charge on any atom is -0.506 e. The topological polar surface area (TPSA) is 74.1 Å². The van der Waals surface area contributed by atoms with Crippen molar-refractivity contribution in [3.8, 4) is 28.0 Å². The van der Waals surface area contributed by atoms with E-state index in [1.165, 1.54) is 30.9 Å². The molecule has 2 aromatic heterocycles. The van der Waals surface area contributed by atoms with Crippen LogP contribution in [0.1, 0.15) is 31.2 Å². The van der Waals surface area contributed by atoms with Crippen LogP contribution in [0.25, 0.3) is 22.3 Å². The highest BCUT2D eigenvalue weighted by atomic mass is 35.5. The number of rotatable bonds is 2. The lowest BCUT2D eigenvalue weighted by Crippen LogP contribution is -2.27. The maximum atomic E-state index is 14.5. The van der Waals surface area contributed by atoms with E-state index in [9.17, 15) is 23.5 Å². The second-order valence-corrected chi connectivity index (χ2v) is 11.3. The Bertz CT molecular complexity index is 1630. The number of aromatic nitrogens is 4. The lowest BCUT2D eigenvalue weighted by molar-refractivity contribution is 0.310. The summed E-state index contributed by atoms with van der Waals surface area (Å²) in [5, 5.41) is 10.6. The van der Waals surface area contributed by atoms with Gasteiger partial charge in [0, 0.05) is 42.3 Å². The van der Waals surface area contributed by atoms with Crippen molar-refractivity contribution in [1.29, 1.82) is 0 Å². The van der Waals surface area contributed by atoms with Gasteiger partial charge in [-0.3, -0.25) is 19.0 Å². The van der Waals surface area contributed by atoms with Crippen LogP contribution >= 0.6 is 46.4 Å².